The molecule has 3 heterocycles. The number of carbonyl (C=O) groups is 3. The van der Waals surface area contributed by atoms with E-state index in [2.05, 4.69) is 20.5 Å². The van der Waals surface area contributed by atoms with Crippen LogP contribution in [0.3, 0.4) is 0 Å². The summed E-state index contributed by atoms with van der Waals surface area (Å²) in [6.45, 7) is 3.04. The molecular formula is C24H31N5O6S. The Morgan fingerprint density at radius 2 is 2.00 bits per heavy atom. The van der Waals surface area contributed by atoms with Crippen molar-refractivity contribution in [3.63, 3.8) is 0 Å². The zero-order chi connectivity index (χ0) is 25.7. The molecule has 4 rings (SSSR count). The number of nitrogens with zero attached hydrogens (tertiary/aromatic N) is 3. The molecule has 1 aromatic carbocycles. The van der Waals surface area contributed by atoms with Gasteiger partial charge in [0, 0.05) is 58.2 Å². The van der Waals surface area contributed by atoms with Crippen molar-refractivity contribution in [2.75, 3.05) is 63.8 Å². The number of amides is 3. The number of rotatable bonds is 9. The Bertz CT molecular complexity index is 1110. The zero-order valence-corrected chi connectivity index (χ0v) is 21.2. The van der Waals surface area contributed by atoms with E-state index < -0.39 is 12.0 Å². The van der Waals surface area contributed by atoms with Crippen LogP contribution in [0, 0.1) is 0 Å². The van der Waals surface area contributed by atoms with Crippen LogP contribution in [-0.2, 0) is 9.47 Å². The first-order valence-electron chi connectivity index (χ1n) is 11.8. The summed E-state index contributed by atoms with van der Waals surface area (Å²) in [5, 5.41) is 17.4. The first kappa shape index (κ1) is 25.9. The number of ether oxygens (including phenoxy) is 2. The standard InChI is InChI=1S/C24H31N5O6S/c1-34-10-7-25-21(30)18-11-15(16-5-8-29(12-16)24(32)33)3-4-19(18)26-22(31)20-14-36-23(27-20)28-9-6-17(13-28)35-2/h3-4,11,14,16-17H,5-10,12-13H2,1-2H3,(H,25,30)(H,26,31)(H,32,33)/t16?,17-/m0/s1. The SMILES string of the molecule is COCCNC(=O)c1cc(C2CCN(C(=O)O)C2)ccc1NC(=O)c1csc(N2CC[C@H](OC)C2)n1. The van der Waals surface area contributed by atoms with Gasteiger partial charge in [-0.1, -0.05) is 6.07 Å². The van der Waals surface area contributed by atoms with Gasteiger partial charge in [0.05, 0.1) is 24.0 Å². The number of carboxylic acid groups (broad SMARTS) is 1. The van der Waals surface area contributed by atoms with Crippen LogP contribution in [0.2, 0.25) is 0 Å². The Kier molecular flexibility index (Phi) is 8.39. The molecule has 3 amide bonds. The minimum atomic E-state index is -0.951. The molecule has 1 unspecified atom stereocenters. The molecule has 2 aromatic rings. The highest BCUT2D eigenvalue weighted by atomic mass is 32.1. The third-order valence-electron chi connectivity index (χ3n) is 6.53. The van der Waals surface area contributed by atoms with Gasteiger partial charge in [-0.3, -0.25) is 9.59 Å². The fourth-order valence-corrected chi connectivity index (χ4v) is 5.32. The smallest absolute Gasteiger partial charge is 0.407 e. The average molecular weight is 518 g/mol. The van der Waals surface area contributed by atoms with E-state index in [1.807, 2.05) is 6.07 Å². The van der Waals surface area contributed by atoms with Crippen molar-refractivity contribution in [3.05, 3.63) is 40.4 Å². The number of methoxy groups -OCH3 is 2. The van der Waals surface area contributed by atoms with Crippen molar-refractivity contribution < 1.29 is 29.0 Å². The molecule has 3 N–H and O–H groups in total. The lowest BCUT2D eigenvalue weighted by molar-refractivity contribution is 0.0937. The molecule has 0 saturated carbocycles. The average Bonchev–Trinajstić information content (AvgIpc) is 3.64. The van der Waals surface area contributed by atoms with Gasteiger partial charge in [-0.25, -0.2) is 9.78 Å². The van der Waals surface area contributed by atoms with Crippen molar-refractivity contribution in [3.8, 4) is 0 Å². The van der Waals surface area contributed by atoms with E-state index >= 15 is 0 Å². The lowest BCUT2D eigenvalue weighted by Gasteiger charge is -2.16. The summed E-state index contributed by atoms with van der Waals surface area (Å²) in [5.41, 5.74) is 1.80. The molecule has 12 heteroatoms. The largest absolute Gasteiger partial charge is 0.465 e. The Hall–Kier alpha value is -3.22. The monoisotopic (exact) mass is 517 g/mol. The number of carbonyl (C=O) groups excluding carboxylic acids is 2. The number of aromatic nitrogens is 1. The predicted molar refractivity (Wildman–Crippen MR) is 135 cm³/mol. The summed E-state index contributed by atoms with van der Waals surface area (Å²) in [4.78, 5) is 45.3. The Balaban J connectivity index is 1.51. The molecule has 0 bridgehead atoms. The van der Waals surface area contributed by atoms with E-state index in [4.69, 9.17) is 9.47 Å². The van der Waals surface area contributed by atoms with Gasteiger partial charge < -0.3 is 35.0 Å². The molecule has 11 nitrogen and oxygen atoms in total. The van der Waals surface area contributed by atoms with Gasteiger partial charge in [0.2, 0.25) is 0 Å². The second-order valence-corrected chi connectivity index (χ2v) is 9.67. The van der Waals surface area contributed by atoms with Gasteiger partial charge in [-0.15, -0.1) is 11.3 Å². The van der Waals surface area contributed by atoms with Crippen LogP contribution in [0.1, 0.15) is 45.2 Å². The predicted octanol–water partition coefficient (Wildman–Crippen LogP) is 2.46. The van der Waals surface area contributed by atoms with Crippen molar-refractivity contribution in [2.24, 2.45) is 0 Å². The molecular weight excluding hydrogens is 486 g/mol. The highest BCUT2D eigenvalue weighted by Crippen LogP contribution is 2.31. The maximum Gasteiger partial charge on any atom is 0.407 e. The number of anilines is 2. The summed E-state index contributed by atoms with van der Waals surface area (Å²) in [5.74, 6) is -0.774. The van der Waals surface area contributed by atoms with Crippen LogP contribution >= 0.6 is 11.3 Å². The van der Waals surface area contributed by atoms with E-state index in [0.29, 0.717) is 43.9 Å². The number of hydrogen-bond acceptors (Lipinski definition) is 8. The normalized spacial score (nSPS) is 19.5. The van der Waals surface area contributed by atoms with E-state index in [-0.39, 0.29) is 23.6 Å². The highest BCUT2D eigenvalue weighted by Gasteiger charge is 2.29. The first-order chi connectivity index (χ1) is 17.4. The lowest BCUT2D eigenvalue weighted by atomic mass is 9.95. The third-order valence-corrected chi connectivity index (χ3v) is 7.43. The second-order valence-electron chi connectivity index (χ2n) is 8.83. The topological polar surface area (TPSA) is 133 Å². The van der Waals surface area contributed by atoms with E-state index in [9.17, 15) is 19.5 Å². The van der Waals surface area contributed by atoms with Crippen LogP contribution in [0.4, 0.5) is 15.6 Å². The highest BCUT2D eigenvalue weighted by molar-refractivity contribution is 7.14. The van der Waals surface area contributed by atoms with Crippen LogP contribution in [0.5, 0.6) is 0 Å². The van der Waals surface area contributed by atoms with E-state index in [1.165, 1.54) is 16.2 Å². The van der Waals surface area contributed by atoms with Gasteiger partial charge >= 0.3 is 6.09 Å². The van der Waals surface area contributed by atoms with Crippen LogP contribution in [0.15, 0.2) is 23.6 Å². The molecule has 2 atom stereocenters. The quantitative estimate of drug-likeness (QED) is 0.432. The number of benzene rings is 1. The maximum atomic E-state index is 13.0. The molecule has 2 fully saturated rings. The fourth-order valence-electron chi connectivity index (χ4n) is 4.48. The van der Waals surface area contributed by atoms with Crippen LogP contribution in [-0.4, -0.2) is 92.6 Å². The molecule has 36 heavy (non-hydrogen) atoms. The molecule has 194 valence electrons. The first-order valence-corrected chi connectivity index (χ1v) is 12.7. The summed E-state index contributed by atoms with van der Waals surface area (Å²) in [6.07, 6.45) is 0.793. The number of likely N-dealkylation sites (tertiary alicyclic amines) is 1. The van der Waals surface area contributed by atoms with Gasteiger partial charge in [0.15, 0.2) is 5.13 Å². The van der Waals surface area contributed by atoms with Crippen molar-refractivity contribution >= 4 is 40.1 Å². The van der Waals surface area contributed by atoms with E-state index in [1.54, 1.807) is 31.7 Å². The van der Waals surface area contributed by atoms with Crippen LogP contribution in [0.25, 0.3) is 0 Å². The van der Waals surface area contributed by atoms with Gasteiger partial charge in [0.25, 0.3) is 11.8 Å². The minimum Gasteiger partial charge on any atom is -0.465 e. The van der Waals surface area contributed by atoms with E-state index in [0.717, 1.165) is 30.2 Å². The number of hydrogen-bond donors (Lipinski definition) is 3. The van der Waals surface area contributed by atoms with Gasteiger partial charge in [-0.2, -0.15) is 0 Å². The van der Waals surface area contributed by atoms with Gasteiger partial charge in [0.1, 0.15) is 5.69 Å². The zero-order valence-electron chi connectivity index (χ0n) is 20.4. The van der Waals surface area contributed by atoms with Crippen LogP contribution < -0.4 is 15.5 Å². The second kappa shape index (κ2) is 11.7. The fraction of sp³-hybridized carbons (Fsp3) is 0.500. The number of thiazole rings is 1. The number of nitrogens with one attached hydrogen (secondary N) is 2. The summed E-state index contributed by atoms with van der Waals surface area (Å²) < 4.78 is 10.4. The van der Waals surface area contributed by atoms with Crippen molar-refractivity contribution in [2.45, 2.75) is 24.9 Å². The third kappa shape index (κ3) is 5.94. The summed E-state index contributed by atoms with van der Waals surface area (Å²) >= 11 is 1.40. The molecule has 2 aliphatic heterocycles. The molecule has 2 aliphatic rings. The molecule has 1 aromatic heterocycles. The van der Waals surface area contributed by atoms with Crippen molar-refractivity contribution in [1.29, 1.82) is 0 Å². The molecule has 2 saturated heterocycles. The van der Waals surface area contributed by atoms with Gasteiger partial charge in [-0.05, 0) is 30.5 Å². The summed E-state index contributed by atoms with van der Waals surface area (Å²) in [7, 11) is 3.24. The minimum absolute atomic E-state index is 0.0196. The molecule has 0 spiro atoms. The Labute approximate surface area is 213 Å². The molecule has 0 radical (unpaired) electrons. The maximum absolute atomic E-state index is 13.0. The molecule has 0 aliphatic carbocycles. The Morgan fingerprint density at radius 3 is 2.69 bits per heavy atom. The Morgan fingerprint density at radius 1 is 1.17 bits per heavy atom. The lowest BCUT2D eigenvalue weighted by Crippen LogP contribution is -2.29. The summed E-state index contributed by atoms with van der Waals surface area (Å²) in [6, 6.07) is 5.26. The van der Waals surface area contributed by atoms with Crippen molar-refractivity contribution in [1.82, 2.24) is 15.2 Å².